The summed E-state index contributed by atoms with van der Waals surface area (Å²) >= 11 is 18.0. The minimum absolute atomic E-state index is 0.164. The van der Waals surface area contributed by atoms with Crippen molar-refractivity contribution < 1.29 is 0 Å². The molecule has 96 valence electrons. The second-order valence-corrected chi connectivity index (χ2v) is 5.21. The van der Waals surface area contributed by atoms with Gasteiger partial charge in [0.2, 0.25) is 5.28 Å². The molecule has 0 N–H and O–H groups in total. The molecule has 7 heteroatoms. The van der Waals surface area contributed by atoms with Gasteiger partial charge in [0, 0.05) is 11.2 Å². The maximum Gasteiger partial charge on any atom is 0.224 e. The second kappa shape index (κ2) is 4.63. The highest BCUT2D eigenvalue weighted by molar-refractivity contribution is 6.36. The number of hydrogen-bond donors (Lipinski definition) is 0. The molecule has 0 atom stereocenters. The third kappa shape index (κ3) is 2.16. The number of rotatable bonds is 1. The van der Waals surface area contributed by atoms with Crippen LogP contribution in [-0.2, 0) is 0 Å². The Morgan fingerprint density at radius 3 is 2.63 bits per heavy atom. The molecular weight excluding hydrogens is 307 g/mol. The van der Waals surface area contributed by atoms with Gasteiger partial charge < -0.3 is 0 Å². The molecule has 3 aromatic rings. The van der Waals surface area contributed by atoms with E-state index >= 15 is 0 Å². The Balaban J connectivity index is 2.33. The summed E-state index contributed by atoms with van der Waals surface area (Å²) in [5.41, 5.74) is 2.24. The minimum atomic E-state index is 0.164. The molecule has 2 heterocycles. The van der Waals surface area contributed by atoms with Crippen LogP contribution in [0.1, 0.15) is 5.56 Å². The predicted octanol–water partition coefficient (Wildman–Crippen LogP) is 4.08. The molecular formula is C12H7Cl3N4. The Hall–Kier alpha value is -1.36. The van der Waals surface area contributed by atoms with Gasteiger partial charge >= 0.3 is 0 Å². The average Bonchev–Trinajstić information content (AvgIpc) is 2.71. The number of halogens is 3. The van der Waals surface area contributed by atoms with E-state index in [1.165, 1.54) is 0 Å². The molecule has 0 aliphatic rings. The highest BCUT2D eigenvalue weighted by Gasteiger charge is 2.13. The van der Waals surface area contributed by atoms with Crippen molar-refractivity contribution in [1.82, 2.24) is 19.7 Å². The minimum Gasteiger partial charge on any atom is -0.226 e. The third-order valence-electron chi connectivity index (χ3n) is 2.71. The van der Waals surface area contributed by atoms with Crippen LogP contribution in [0.2, 0.25) is 15.3 Å². The zero-order valence-corrected chi connectivity index (χ0v) is 12.0. The molecule has 4 nitrogen and oxygen atoms in total. The maximum atomic E-state index is 6.24. The van der Waals surface area contributed by atoms with Crippen LogP contribution in [0.3, 0.4) is 0 Å². The second-order valence-electron chi connectivity index (χ2n) is 4.03. The number of aryl methyl sites for hydroxylation is 1. The van der Waals surface area contributed by atoms with Crippen LogP contribution < -0.4 is 0 Å². The van der Waals surface area contributed by atoms with E-state index in [0.29, 0.717) is 15.7 Å². The SMILES string of the molecule is Cc1cc(Cl)cc(Cl)c1-n1ncc2cnc(Cl)nc21. The quantitative estimate of drug-likeness (QED) is 0.636. The number of nitrogens with zero attached hydrogens (tertiary/aromatic N) is 4. The molecule has 0 aliphatic carbocycles. The summed E-state index contributed by atoms with van der Waals surface area (Å²) in [6, 6.07) is 3.49. The van der Waals surface area contributed by atoms with Gasteiger partial charge in [-0.05, 0) is 36.2 Å². The molecule has 0 radical (unpaired) electrons. The van der Waals surface area contributed by atoms with E-state index in [9.17, 15) is 0 Å². The summed E-state index contributed by atoms with van der Waals surface area (Å²) in [6.45, 7) is 1.91. The van der Waals surface area contributed by atoms with Gasteiger partial charge in [-0.3, -0.25) is 0 Å². The van der Waals surface area contributed by atoms with Gasteiger partial charge in [0.15, 0.2) is 5.65 Å². The summed E-state index contributed by atoms with van der Waals surface area (Å²) in [5, 5.41) is 6.32. The highest BCUT2D eigenvalue weighted by atomic mass is 35.5. The van der Waals surface area contributed by atoms with Crippen molar-refractivity contribution in [2.75, 3.05) is 0 Å². The van der Waals surface area contributed by atoms with E-state index in [0.717, 1.165) is 16.6 Å². The molecule has 0 saturated carbocycles. The first-order valence-electron chi connectivity index (χ1n) is 5.38. The van der Waals surface area contributed by atoms with E-state index in [1.807, 2.05) is 13.0 Å². The molecule has 0 bridgehead atoms. The van der Waals surface area contributed by atoms with Crippen LogP contribution in [0.4, 0.5) is 0 Å². The summed E-state index contributed by atoms with van der Waals surface area (Å²) < 4.78 is 1.64. The van der Waals surface area contributed by atoms with Crippen molar-refractivity contribution in [3.63, 3.8) is 0 Å². The fourth-order valence-electron chi connectivity index (χ4n) is 1.92. The zero-order valence-electron chi connectivity index (χ0n) is 9.73. The lowest BCUT2D eigenvalue weighted by atomic mass is 10.2. The largest absolute Gasteiger partial charge is 0.226 e. The highest BCUT2D eigenvalue weighted by Crippen LogP contribution is 2.29. The number of fused-ring (bicyclic) bond motifs is 1. The summed E-state index contributed by atoms with van der Waals surface area (Å²) in [4.78, 5) is 8.10. The van der Waals surface area contributed by atoms with E-state index in [-0.39, 0.29) is 5.28 Å². The Bertz CT molecular complexity index is 759. The van der Waals surface area contributed by atoms with Crippen molar-refractivity contribution in [2.24, 2.45) is 0 Å². The zero-order chi connectivity index (χ0) is 13.6. The first-order valence-corrected chi connectivity index (χ1v) is 6.52. The van der Waals surface area contributed by atoms with E-state index in [2.05, 4.69) is 15.1 Å². The predicted molar refractivity (Wildman–Crippen MR) is 76.4 cm³/mol. The lowest BCUT2D eigenvalue weighted by Gasteiger charge is -2.09. The van der Waals surface area contributed by atoms with Crippen LogP contribution >= 0.6 is 34.8 Å². The average molecular weight is 314 g/mol. The van der Waals surface area contributed by atoms with Gasteiger partial charge in [-0.2, -0.15) is 10.1 Å². The first kappa shape index (κ1) is 12.7. The first-order chi connectivity index (χ1) is 9.06. The van der Waals surface area contributed by atoms with Crippen LogP contribution in [0.5, 0.6) is 0 Å². The molecule has 0 fully saturated rings. The van der Waals surface area contributed by atoms with Crippen molar-refractivity contribution in [1.29, 1.82) is 0 Å². The molecule has 2 aromatic heterocycles. The van der Waals surface area contributed by atoms with Crippen LogP contribution in [0.25, 0.3) is 16.7 Å². The monoisotopic (exact) mass is 312 g/mol. The number of benzene rings is 1. The van der Waals surface area contributed by atoms with Crippen molar-refractivity contribution in [3.05, 3.63) is 45.4 Å². The van der Waals surface area contributed by atoms with Crippen LogP contribution in [0.15, 0.2) is 24.5 Å². The molecule has 3 rings (SSSR count). The molecule has 0 saturated heterocycles. The van der Waals surface area contributed by atoms with Gasteiger partial charge in [-0.25, -0.2) is 9.67 Å². The molecule has 19 heavy (non-hydrogen) atoms. The molecule has 0 amide bonds. The standard InChI is InChI=1S/C12H7Cl3N4/c1-6-2-8(13)3-9(14)10(6)19-11-7(5-17-19)4-16-12(15)18-11/h2-5H,1H3. The van der Waals surface area contributed by atoms with Crippen LogP contribution in [0, 0.1) is 6.92 Å². The Morgan fingerprint density at radius 2 is 1.89 bits per heavy atom. The van der Waals surface area contributed by atoms with Gasteiger partial charge in [0.05, 0.1) is 22.3 Å². The van der Waals surface area contributed by atoms with Gasteiger partial charge in [0.1, 0.15) is 0 Å². The van der Waals surface area contributed by atoms with Crippen molar-refractivity contribution >= 4 is 45.8 Å². The van der Waals surface area contributed by atoms with Gasteiger partial charge in [0.25, 0.3) is 0 Å². The molecule has 0 unspecified atom stereocenters. The summed E-state index contributed by atoms with van der Waals surface area (Å²) in [7, 11) is 0. The van der Waals surface area contributed by atoms with Crippen molar-refractivity contribution in [3.8, 4) is 5.69 Å². The molecule has 0 spiro atoms. The number of aromatic nitrogens is 4. The van der Waals surface area contributed by atoms with E-state index in [4.69, 9.17) is 34.8 Å². The maximum absolute atomic E-state index is 6.24. The van der Waals surface area contributed by atoms with E-state index in [1.54, 1.807) is 23.1 Å². The smallest absolute Gasteiger partial charge is 0.224 e. The summed E-state index contributed by atoms with van der Waals surface area (Å²) in [5.74, 6) is 0. The lowest BCUT2D eigenvalue weighted by Crippen LogP contribution is -2.01. The topological polar surface area (TPSA) is 43.6 Å². The van der Waals surface area contributed by atoms with Gasteiger partial charge in [-0.1, -0.05) is 23.2 Å². The van der Waals surface area contributed by atoms with Gasteiger partial charge in [-0.15, -0.1) is 0 Å². The Morgan fingerprint density at radius 1 is 1.11 bits per heavy atom. The summed E-state index contributed by atoms with van der Waals surface area (Å²) in [6.07, 6.45) is 3.28. The lowest BCUT2D eigenvalue weighted by molar-refractivity contribution is 0.887. The fourth-order valence-corrected chi connectivity index (χ4v) is 2.73. The third-order valence-corrected chi connectivity index (χ3v) is 3.40. The van der Waals surface area contributed by atoms with Crippen molar-refractivity contribution in [2.45, 2.75) is 6.92 Å². The normalized spacial score (nSPS) is 11.2. The van der Waals surface area contributed by atoms with E-state index < -0.39 is 0 Å². The Kier molecular flexibility index (Phi) is 3.09. The molecule has 1 aromatic carbocycles. The number of hydrogen-bond acceptors (Lipinski definition) is 3. The Labute approximate surface area is 123 Å². The van der Waals surface area contributed by atoms with Crippen LogP contribution in [-0.4, -0.2) is 19.7 Å². The molecule has 0 aliphatic heterocycles. The fraction of sp³-hybridized carbons (Fsp3) is 0.0833.